The Morgan fingerprint density at radius 1 is 1.11 bits per heavy atom. The topological polar surface area (TPSA) is 93.0 Å². The average molecular weight is 616 g/mol. The molecule has 0 spiro atoms. The van der Waals surface area contributed by atoms with Crippen molar-refractivity contribution < 1.29 is 23.8 Å². The molecule has 45 heavy (non-hydrogen) atoms. The molecule has 2 aliphatic heterocycles. The van der Waals surface area contributed by atoms with Crippen LogP contribution in [0.5, 0.6) is 11.5 Å². The van der Waals surface area contributed by atoms with Crippen LogP contribution >= 0.6 is 0 Å². The number of piperazine rings is 1. The first-order chi connectivity index (χ1) is 21.3. The molecule has 9 nitrogen and oxygen atoms in total. The van der Waals surface area contributed by atoms with Gasteiger partial charge in [-0.1, -0.05) is 0 Å². The molecule has 0 amide bonds. The van der Waals surface area contributed by atoms with E-state index in [-0.39, 0.29) is 17.9 Å². The van der Waals surface area contributed by atoms with Crippen molar-refractivity contribution in [3.8, 4) is 33.9 Å². The third-order valence-electron chi connectivity index (χ3n) is 8.88. The number of pyridine rings is 2. The number of nitrogens with zero attached hydrogens (tertiary/aromatic N) is 5. The molecule has 0 radical (unpaired) electrons. The lowest BCUT2D eigenvalue weighted by molar-refractivity contribution is -0.136. The molecule has 0 aliphatic carbocycles. The molecular formula is C35H42FN5O4. The molecule has 238 valence electrons. The Balaban J connectivity index is 1.63. The van der Waals surface area contributed by atoms with Crippen LogP contribution in [0.15, 0.2) is 24.4 Å². The van der Waals surface area contributed by atoms with Gasteiger partial charge in [-0.2, -0.15) is 4.39 Å². The number of anilines is 1. The van der Waals surface area contributed by atoms with Crippen molar-refractivity contribution in [2.75, 3.05) is 44.7 Å². The van der Waals surface area contributed by atoms with Crippen LogP contribution in [-0.4, -0.2) is 75.9 Å². The second-order valence-electron chi connectivity index (χ2n) is 13.3. The Labute approximate surface area is 263 Å². The standard InChI is InChI=1S/C35H42FN5O4/c1-20-23-9-8-16-44-32(23)31(36)33(45-35(3,4)5)29(20)30-24(19-28(42)43)21(2)38-34-25(30)18-26(40(34)7)22-10-11-37-27(17-22)41-14-12-39(6)13-15-41/h10-11,17-18H,8-9,12-16,19H2,1-7H3,(H,42,43). The van der Waals surface area contributed by atoms with Gasteiger partial charge in [-0.25, -0.2) is 9.97 Å². The van der Waals surface area contributed by atoms with E-state index in [2.05, 4.69) is 27.9 Å². The van der Waals surface area contributed by atoms with Crippen LogP contribution in [0.2, 0.25) is 0 Å². The predicted molar refractivity (Wildman–Crippen MR) is 174 cm³/mol. The fourth-order valence-electron chi connectivity index (χ4n) is 6.61. The van der Waals surface area contributed by atoms with Crippen LogP contribution in [0.25, 0.3) is 33.4 Å². The summed E-state index contributed by atoms with van der Waals surface area (Å²) in [6.07, 6.45) is 3.00. The van der Waals surface area contributed by atoms with Crippen molar-refractivity contribution in [3.63, 3.8) is 0 Å². The van der Waals surface area contributed by atoms with Crippen LogP contribution in [0.1, 0.15) is 49.6 Å². The minimum atomic E-state index is -0.986. The lowest BCUT2D eigenvalue weighted by Gasteiger charge is -2.33. The number of aryl methyl sites for hydroxylation is 2. The predicted octanol–water partition coefficient (Wildman–Crippen LogP) is 5.94. The monoisotopic (exact) mass is 615 g/mol. The van der Waals surface area contributed by atoms with Crippen LogP contribution < -0.4 is 14.4 Å². The van der Waals surface area contributed by atoms with E-state index in [1.165, 1.54) is 0 Å². The first-order valence-electron chi connectivity index (χ1n) is 15.6. The highest BCUT2D eigenvalue weighted by Gasteiger charge is 2.33. The third kappa shape index (κ3) is 5.72. The number of carbonyl (C=O) groups is 1. The zero-order valence-corrected chi connectivity index (χ0v) is 27.3. The molecule has 5 heterocycles. The molecule has 4 aromatic rings. The van der Waals surface area contributed by atoms with E-state index in [9.17, 15) is 9.90 Å². The summed E-state index contributed by atoms with van der Waals surface area (Å²) in [4.78, 5) is 26.5. The first kappa shape index (κ1) is 30.8. The molecule has 0 bridgehead atoms. The fraction of sp³-hybridized carbons (Fsp3) is 0.457. The maximum absolute atomic E-state index is 16.5. The lowest BCUT2D eigenvalue weighted by Crippen LogP contribution is -2.44. The summed E-state index contributed by atoms with van der Waals surface area (Å²) in [6.45, 7) is 13.6. The Kier molecular flexibility index (Phi) is 7.97. The number of likely N-dealkylation sites (N-methyl/N-ethyl adjacent to an activating group) is 1. The molecule has 1 saturated heterocycles. The minimum absolute atomic E-state index is 0.0749. The normalized spacial score (nSPS) is 15.7. The maximum atomic E-state index is 16.5. The Hall–Kier alpha value is -4.18. The number of hydrogen-bond acceptors (Lipinski definition) is 7. The number of carboxylic acid groups (broad SMARTS) is 1. The van der Waals surface area contributed by atoms with E-state index in [1.54, 1.807) is 0 Å². The molecule has 0 saturated carbocycles. The lowest BCUT2D eigenvalue weighted by atomic mass is 9.86. The largest absolute Gasteiger partial charge is 0.490 e. The van der Waals surface area contributed by atoms with E-state index in [0.717, 1.165) is 66.2 Å². The highest BCUT2D eigenvalue weighted by molar-refractivity contribution is 6.02. The van der Waals surface area contributed by atoms with Crippen molar-refractivity contribution in [3.05, 3.63) is 52.6 Å². The first-order valence-corrected chi connectivity index (χ1v) is 15.6. The molecular weight excluding hydrogens is 573 g/mol. The second kappa shape index (κ2) is 11.6. The molecule has 3 aromatic heterocycles. The summed E-state index contributed by atoms with van der Waals surface area (Å²) in [6, 6.07) is 6.12. The molecule has 6 rings (SSSR count). The number of ether oxygens (including phenoxy) is 2. The molecule has 1 N–H and O–H groups in total. The number of halogens is 1. The third-order valence-corrected chi connectivity index (χ3v) is 8.88. The van der Waals surface area contributed by atoms with E-state index in [0.29, 0.717) is 41.1 Å². The molecule has 1 fully saturated rings. The number of aliphatic carboxylic acids is 1. The molecule has 2 aliphatic rings. The van der Waals surface area contributed by atoms with E-state index >= 15 is 4.39 Å². The van der Waals surface area contributed by atoms with Gasteiger partial charge in [-0.05, 0) is 83.8 Å². The average Bonchev–Trinajstić information content (AvgIpc) is 3.32. The van der Waals surface area contributed by atoms with Crippen molar-refractivity contribution >= 4 is 22.8 Å². The Bertz CT molecular complexity index is 1800. The summed E-state index contributed by atoms with van der Waals surface area (Å²) in [5.74, 6) is -0.321. The van der Waals surface area contributed by atoms with Gasteiger partial charge in [-0.3, -0.25) is 4.79 Å². The molecule has 0 unspecified atom stereocenters. The Morgan fingerprint density at radius 2 is 1.84 bits per heavy atom. The summed E-state index contributed by atoms with van der Waals surface area (Å²) in [5.41, 5.74) is 5.77. The van der Waals surface area contributed by atoms with Gasteiger partial charge in [0.05, 0.1) is 18.7 Å². The van der Waals surface area contributed by atoms with Crippen molar-refractivity contribution in [2.24, 2.45) is 7.05 Å². The number of hydrogen-bond donors (Lipinski definition) is 1. The van der Waals surface area contributed by atoms with Crippen molar-refractivity contribution in [1.82, 2.24) is 19.4 Å². The molecule has 1 aromatic carbocycles. The number of rotatable bonds is 6. The van der Waals surface area contributed by atoms with Gasteiger partial charge in [0.15, 0.2) is 11.5 Å². The van der Waals surface area contributed by atoms with E-state index in [4.69, 9.17) is 14.5 Å². The number of aromatic nitrogens is 3. The highest BCUT2D eigenvalue weighted by atomic mass is 19.1. The summed E-state index contributed by atoms with van der Waals surface area (Å²) in [7, 11) is 4.09. The zero-order chi connectivity index (χ0) is 32.2. The Morgan fingerprint density at radius 3 is 2.53 bits per heavy atom. The maximum Gasteiger partial charge on any atom is 0.307 e. The molecule has 10 heteroatoms. The van der Waals surface area contributed by atoms with Gasteiger partial charge < -0.3 is 28.9 Å². The van der Waals surface area contributed by atoms with Crippen LogP contribution in [-0.2, 0) is 24.7 Å². The summed E-state index contributed by atoms with van der Waals surface area (Å²) >= 11 is 0. The number of fused-ring (bicyclic) bond motifs is 2. The fourth-order valence-corrected chi connectivity index (χ4v) is 6.61. The minimum Gasteiger partial charge on any atom is -0.490 e. The molecule has 0 atom stereocenters. The van der Waals surface area contributed by atoms with Gasteiger partial charge in [0.2, 0.25) is 5.82 Å². The van der Waals surface area contributed by atoms with Crippen molar-refractivity contribution in [1.29, 1.82) is 0 Å². The number of carboxylic acids is 1. The van der Waals surface area contributed by atoms with Crippen LogP contribution in [0.4, 0.5) is 10.2 Å². The van der Waals surface area contributed by atoms with Crippen molar-refractivity contribution in [2.45, 2.75) is 59.5 Å². The van der Waals surface area contributed by atoms with Gasteiger partial charge in [0.25, 0.3) is 0 Å². The van der Waals surface area contributed by atoms with Gasteiger partial charge in [0.1, 0.15) is 17.1 Å². The van der Waals surface area contributed by atoms with Crippen LogP contribution in [0.3, 0.4) is 0 Å². The summed E-state index contributed by atoms with van der Waals surface area (Å²) < 4.78 is 30.8. The van der Waals surface area contributed by atoms with Gasteiger partial charge in [0, 0.05) is 72.8 Å². The zero-order valence-electron chi connectivity index (χ0n) is 27.3. The van der Waals surface area contributed by atoms with Crippen LogP contribution in [0, 0.1) is 19.7 Å². The smallest absolute Gasteiger partial charge is 0.307 e. The quantitative estimate of drug-likeness (QED) is 0.285. The second-order valence-corrected chi connectivity index (χ2v) is 13.3. The number of benzene rings is 1. The highest BCUT2D eigenvalue weighted by Crippen LogP contribution is 2.49. The van der Waals surface area contributed by atoms with E-state index < -0.39 is 17.4 Å². The summed E-state index contributed by atoms with van der Waals surface area (Å²) in [5, 5.41) is 10.8. The van der Waals surface area contributed by atoms with E-state index in [1.807, 2.05) is 64.6 Å². The SMILES string of the molecule is Cc1nc2c(cc(-c3ccnc(N4CCN(C)CC4)c3)n2C)c(-c2c(C)c3c(c(F)c2OC(C)(C)C)OCCC3)c1CC(=O)O. The van der Waals surface area contributed by atoms with Gasteiger partial charge >= 0.3 is 5.97 Å². The van der Waals surface area contributed by atoms with Gasteiger partial charge in [-0.15, -0.1) is 0 Å².